The standard InChI is InChI=1S/C12H20N4/c1-16(9-5-3-2-4-6-9)12-7-10(13)11(14)8-15-12/h7-9H,2-6,14H2,1H3,(H2,13,15). The fraction of sp³-hybridized carbons (Fsp3) is 0.583. The molecule has 0 radical (unpaired) electrons. The van der Waals surface area contributed by atoms with Crippen LogP contribution in [0.4, 0.5) is 17.2 Å². The van der Waals surface area contributed by atoms with Crippen molar-refractivity contribution in [3.05, 3.63) is 12.3 Å². The second-order valence-electron chi connectivity index (χ2n) is 4.57. The molecule has 4 nitrogen and oxygen atoms in total. The summed E-state index contributed by atoms with van der Waals surface area (Å²) in [7, 11) is 2.09. The van der Waals surface area contributed by atoms with Crippen LogP contribution in [-0.4, -0.2) is 18.1 Å². The molecule has 16 heavy (non-hydrogen) atoms. The van der Waals surface area contributed by atoms with E-state index in [1.165, 1.54) is 32.1 Å². The largest absolute Gasteiger partial charge is 0.397 e. The van der Waals surface area contributed by atoms with E-state index in [4.69, 9.17) is 11.5 Å². The predicted octanol–water partition coefficient (Wildman–Crippen LogP) is 2.01. The lowest BCUT2D eigenvalue weighted by atomic mass is 9.94. The van der Waals surface area contributed by atoms with Crippen molar-refractivity contribution in [3.63, 3.8) is 0 Å². The summed E-state index contributed by atoms with van der Waals surface area (Å²) in [6, 6.07) is 2.47. The molecule has 1 aliphatic rings. The zero-order valence-electron chi connectivity index (χ0n) is 9.82. The number of anilines is 3. The number of nitrogen functional groups attached to an aromatic ring is 2. The fourth-order valence-corrected chi connectivity index (χ4v) is 2.32. The van der Waals surface area contributed by atoms with Crippen LogP contribution in [0.5, 0.6) is 0 Å². The molecule has 0 atom stereocenters. The molecule has 2 rings (SSSR count). The van der Waals surface area contributed by atoms with Gasteiger partial charge in [0.25, 0.3) is 0 Å². The van der Waals surface area contributed by atoms with Crippen LogP contribution < -0.4 is 16.4 Å². The summed E-state index contributed by atoms with van der Waals surface area (Å²) in [4.78, 5) is 6.57. The van der Waals surface area contributed by atoms with Gasteiger partial charge in [0.05, 0.1) is 17.6 Å². The van der Waals surface area contributed by atoms with Gasteiger partial charge in [-0.05, 0) is 12.8 Å². The normalized spacial score (nSPS) is 17.3. The Hall–Kier alpha value is -1.45. The van der Waals surface area contributed by atoms with E-state index < -0.39 is 0 Å². The number of hydrogen-bond acceptors (Lipinski definition) is 4. The van der Waals surface area contributed by atoms with E-state index in [0.29, 0.717) is 17.4 Å². The summed E-state index contributed by atoms with van der Waals surface area (Å²) in [5.74, 6) is 0.929. The fourth-order valence-electron chi connectivity index (χ4n) is 2.32. The molecular weight excluding hydrogens is 200 g/mol. The van der Waals surface area contributed by atoms with Crippen LogP contribution in [0.3, 0.4) is 0 Å². The quantitative estimate of drug-likeness (QED) is 0.800. The third-order valence-electron chi connectivity index (χ3n) is 3.44. The second-order valence-corrected chi connectivity index (χ2v) is 4.57. The summed E-state index contributed by atoms with van der Waals surface area (Å²) in [6.07, 6.45) is 8.15. The molecule has 1 aromatic rings. The van der Waals surface area contributed by atoms with Crippen molar-refractivity contribution in [3.8, 4) is 0 Å². The molecule has 0 bridgehead atoms. The molecule has 4 N–H and O–H groups in total. The molecule has 0 amide bonds. The van der Waals surface area contributed by atoms with E-state index in [-0.39, 0.29) is 0 Å². The molecule has 0 unspecified atom stereocenters. The summed E-state index contributed by atoms with van der Waals surface area (Å²) >= 11 is 0. The highest BCUT2D eigenvalue weighted by Gasteiger charge is 2.19. The van der Waals surface area contributed by atoms with Gasteiger partial charge in [-0.1, -0.05) is 19.3 Å². The lowest BCUT2D eigenvalue weighted by molar-refractivity contribution is 0.426. The Morgan fingerprint density at radius 3 is 2.50 bits per heavy atom. The number of pyridine rings is 1. The summed E-state index contributed by atoms with van der Waals surface area (Å²) in [5.41, 5.74) is 12.6. The molecule has 4 heteroatoms. The van der Waals surface area contributed by atoms with Gasteiger partial charge in [0.2, 0.25) is 0 Å². The Morgan fingerprint density at radius 2 is 1.88 bits per heavy atom. The maximum atomic E-state index is 5.80. The van der Waals surface area contributed by atoms with E-state index in [1.807, 2.05) is 6.07 Å². The minimum atomic E-state index is 0.556. The Kier molecular flexibility index (Phi) is 3.17. The van der Waals surface area contributed by atoms with Crippen molar-refractivity contribution in [2.75, 3.05) is 23.4 Å². The van der Waals surface area contributed by atoms with Gasteiger partial charge in [-0.3, -0.25) is 0 Å². The zero-order chi connectivity index (χ0) is 11.5. The molecule has 0 aromatic carbocycles. The SMILES string of the molecule is CN(c1cc(N)c(N)cn1)C1CCCCC1. The molecule has 1 saturated carbocycles. The van der Waals surface area contributed by atoms with Gasteiger partial charge < -0.3 is 16.4 Å². The van der Waals surface area contributed by atoms with Crippen molar-refractivity contribution < 1.29 is 0 Å². The van der Waals surface area contributed by atoms with Crippen LogP contribution in [-0.2, 0) is 0 Å². The Morgan fingerprint density at radius 1 is 1.19 bits per heavy atom. The first-order valence-corrected chi connectivity index (χ1v) is 5.92. The number of aromatic nitrogens is 1. The summed E-state index contributed by atoms with van der Waals surface area (Å²) in [5, 5.41) is 0. The van der Waals surface area contributed by atoms with Gasteiger partial charge in [-0.15, -0.1) is 0 Å². The average molecular weight is 220 g/mol. The van der Waals surface area contributed by atoms with Crippen LogP contribution in [0.15, 0.2) is 12.3 Å². The molecule has 0 spiro atoms. The highest BCUT2D eigenvalue weighted by Crippen LogP contribution is 2.26. The summed E-state index contributed by atoms with van der Waals surface area (Å²) in [6.45, 7) is 0. The van der Waals surface area contributed by atoms with Crippen molar-refractivity contribution in [1.82, 2.24) is 4.98 Å². The Labute approximate surface area is 96.6 Å². The van der Waals surface area contributed by atoms with Crippen molar-refractivity contribution in [1.29, 1.82) is 0 Å². The topological polar surface area (TPSA) is 68.2 Å². The first kappa shape index (κ1) is 11.0. The molecule has 1 aliphatic carbocycles. The first-order chi connectivity index (χ1) is 7.68. The van der Waals surface area contributed by atoms with E-state index in [9.17, 15) is 0 Å². The van der Waals surface area contributed by atoms with Gasteiger partial charge in [-0.25, -0.2) is 4.98 Å². The van der Waals surface area contributed by atoms with Gasteiger partial charge in [0.1, 0.15) is 5.82 Å². The van der Waals surface area contributed by atoms with Crippen LogP contribution >= 0.6 is 0 Å². The first-order valence-electron chi connectivity index (χ1n) is 5.92. The minimum absolute atomic E-state index is 0.556. The van der Waals surface area contributed by atoms with E-state index >= 15 is 0 Å². The average Bonchev–Trinajstić information content (AvgIpc) is 2.33. The van der Waals surface area contributed by atoms with Crippen molar-refractivity contribution in [2.45, 2.75) is 38.1 Å². The third-order valence-corrected chi connectivity index (χ3v) is 3.44. The lowest BCUT2D eigenvalue weighted by Gasteiger charge is -2.32. The van der Waals surface area contributed by atoms with Crippen LogP contribution in [0, 0.1) is 0 Å². The van der Waals surface area contributed by atoms with Gasteiger partial charge in [-0.2, -0.15) is 0 Å². The molecule has 88 valence electrons. The molecular formula is C12H20N4. The minimum Gasteiger partial charge on any atom is -0.397 e. The molecule has 0 saturated heterocycles. The van der Waals surface area contributed by atoms with E-state index in [1.54, 1.807) is 6.20 Å². The van der Waals surface area contributed by atoms with Crippen LogP contribution in [0.1, 0.15) is 32.1 Å². The van der Waals surface area contributed by atoms with Gasteiger partial charge in [0.15, 0.2) is 0 Å². The molecule has 1 heterocycles. The van der Waals surface area contributed by atoms with E-state index in [2.05, 4.69) is 16.9 Å². The highest BCUT2D eigenvalue weighted by atomic mass is 15.2. The van der Waals surface area contributed by atoms with E-state index in [0.717, 1.165) is 5.82 Å². The van der Waals surface area contributed by atoms with Gasteiger partial charge >= 0.3 is 0 Å². The number of hydrogen-bond donors (Lipinski definition) is 2. The monoisotopic (exact) mass is 220 g/mol. The number of nitrogens with two attached hydrogens (primary N) is 2. The zero-order valence-corrected chi connectivity index (χ0v) is 9.82. The van der Waals surface area contributed by atoms with Gasteiger partial charge in [0, 0.05) is 19.2 Å². The molecule has 1 aromatic heterocycles. The lowest BCUT2D eigenvalue weighted by Crippen LogP contribution is -2.33. The number of rotatable bonds is 2. The highest BCUT2D eigenvalue weighted by molar-refractivity contribution is 5.66. The third kappa shape index (κ3) is 2.21. The Bertz CT molecular complexity index is 358. The second kappa shape index (κ2) is 4.60. The summed E-state index contributed by atoms with van der Waals surface area (Å²) < 4.78 is 0. The smallest absolute Gasteiger partial charge is 0.130 e. The molecule has 0 aliphatic heterocycles. The maximum Gasteiger partial charge on any atom is 0.130 e. The maximum absolute atomic E-state index is 5.80. The molecule has 1 fully saturated rings. The van der Waals surface area contributed by atoms with Crippen molar-refractivity contribution in [2.24, 2.45) is 0 Å². The van der Waals surface area contributed by atoms with Crippen LogP contribution in [0.25, 0.3) is 0 Å². The predicted molar refractivity (Wildman–Crippen MR) is 68.3 cm³/mol. The number of nitrogens with zero attached hydrogens (tertiary/aromatic N) is 2. The Balaban J connectivity index is 2.12. The van der Waals surface area contributed by atoms with Crippen LogP contribution in [0.2, 0.25) is 0 Å². The van der Waals surface area contributed by atoms with Crippen molar-refractivity contribution >= 4 is 17.2 Å².